The van der Waals surface area contributed by atoms with E-state index >= 15 is 0 Å². The lowest BCUT2D eigenvalue weighted by molar-refractivity contribution is 0.0502. The van der Waals surface area contributed by atoms with Gasteiger partial charge in [0, 0.05) is 37.8 Å². The van der Waals surface area contributed by atoms with E-state index in [9.17, 15) is 5.11 Å². The number of ether oxygens (including phenoxy) is 1. The highest BCUT2D eigenvalue weighted by Gasteiger charge is 2.22. The maximum atomic E-state index is 10.4. The van der Waals surface area contributed by atoms with Gasteiger partial charge < -0.3 is 15.2 Å². The number of aromatic nitrogens is 2. The fourth-order valence-electron chi connectivity index (χ4n) is 2.00. The molecule has 0 amide bonds. The SMILES string of the molecule is COCCNCCC(C)(O)Cc1cn2ccsc2n1. The summed E-state index contributed by atoms with van der Waals surface area (Å²) < 4.78 is 6.95. The third-order valence-electron chi connectivity index (χ3n) is 3.03. The van der Waals surface area contributed by atoms with Crippen LogP contribution in [0.2, 0.25) is 0 Å². The maximum absolute atomic E-state index is 10.4. The third-order valence-corrected chi connectivity index (χ3v) is 3.80. The van der Waals surface area contributed by atoms with Crippen molar-refractivity contribution in [2.75, 3.05) is 26.8 Å². The molecule has 2 N–H and O–H groups in total. The van der Waals surface area contributed by atoms with Gasteiger partial charge in [-0.15, -0.1) is 11.3 Å². The van der Waals surface area contributed by atoms with Crippen molar-refractivity contribution in [1.82, 2.24) is 14.7 Å². The van der Waals surface area contributed by atoms with Gasteiger partial charge in [-0.1, -0.05) is 0 Å². The van der Waals surface area contributed by atoms with Gasteiger partial charge in [0.25, 0.3) is 0 Å². The topological polar surface area (TPSA) is 58.8 Å². The number of aliphatic hydroxyl groups is 1. The maximum Gasteiger partial charge on any atom is 0.193 e. The Bertz CT molecular complexity index is 478. The Labute approximate surface area is 117 Å². The summed E-state index contributed by atoms with van der Waals surface area (Å²) in [5.74, 6) is 0. The number of methoxy groups -OCH3 is 1. The highest BCUT2D eigenvalue weighted by Crippen LogP contribution is 2.18. The van der Waals surface area contributed by atoms with Crippen LogP contribution in [-0.2, 0) is 11.2 Å². The van der Waals surface area contributed by atoms with E-state index in [1.165, 1.54) is 0 Å². The van der Waals surface area contributed by atoms with Crippen LogP contribution in [-0.4, -0.2) is 46.9 Å². The van der Waals surface area contributed by atoms with E-state index < -0.39 is 5.60 Å². The molecule has 5 nitrogen and oxygen atoms in total. The molecule has 0 aliphatic carbocycles. The summed E-state index contributed by atoms with van der Waals surface area (Å²) in [6.45, 7) is 4.14. The molecule has 2 aromatic heterocycles. The molecule has 2 rings (SSSR count). The highest BCUT2D eigenvalue weighted by atomic mass is 32.1. The number of hydrogen-bond donors (Lipinski definition) is 2. The van der Waals surface area contributed by atoms with Crippen molar-refractivity contribution >= 4 is 16.3 Å². The zero-order valence-electron chi connectivity index (χ0n) is 11.4. The number of nitrogens with zero attached hydrogens (tertiary/aromatic N) is 2. The molecular weight excluding hydrogens is 262 g/mol. The van der Waals surface area contributed by atoms with Gasteiger partial charge >= 0.3 is 0 Å². The second-order valence-electron chi connectivity index (χ2n) is 4.99. The summed E-state index contributed by atoms with van der Waals surface area (Å²) in [4.78, 5) is 5.47. The smallest absolute Gasteiger partial charge is 0.193 e. The van der Waals surface area contributed by atoms with Crippen LogP contribution in [0.25, 0.3) is 4.96 Å². The van der Waals surface area contributed by atoms with Crippen molar-refractivity contribution in [2.45, 2.75) is 25.4 Å². The zero-order chi connectivity index (χ0) is 13.7. The molecule has 0 fully saturated rings. The predicted octanol–water partition coefficient (Wildman–Crippen LogP) is 1.32. The van der Waals surface area contributed by atoms with Crippen molar-refractivity contribution in [2.24, 2.45) is 0 Å². The van der Waals surface area contributed by atoms with Crippen LogP contribution in [0.4, 0.5) is 0 Å². The molecule has 0 aliphatic heterocycles. The summed E-state index contributed by atoms with van der Waals surface area (Å²) in [5.41, 5.74) is 0.207. The first kappa shape index (κ1) is 14.5. The van der Waals surface area contributed by atoms with E-state index in [4.69, 9.17) is 4.74 Å². The van der Waals surface area contributed by atoms with Gasteiger partial charge in [0.2, 0.25) is 0 Å². The van der Waals surface area contributed by atoms with Crippen LogP contribution in [0.5, 0.6) is 0 Å². The van der Waals surface area contributed by atoms with E-state index in [1.54, 1.807) is 18.4 Å². The van der Waals surface area contributed by atoms with Gasteiger partial charge in [0.05, 0.1) is 17.9 Å². The molecule has 0 aliphatic rings. The second kappa shape index (κ2) is 6.47. The fourth-order valence-corrected chi connectivity index (χ4v) is 2.72. The van der Waals surface area contributed by atoms with Crippen LogP contribution in [0, 0.1) is 0 Å². The summed E-state index contributed by atoms with van der Waals surface area (Å²) in [5, 5.41) is 15.6. The number of imidazole rings is 1. The van der Waals surface area contributed by atoms with Crippen LogP contribution in [0.15, 0.2) is 17.8 Å². The van der Waals surface area contributed by atoms with Gasteiger partial charge in [-0.3, -0.25) is 4.40 Å². The Balaban J connectivity index is 1.81. The first-order chi connectivity index (χ1) is 9.11. The van der Waals surface area contributed by atoms with Crippen LogP contribution < -0.4 is 5.32 Å². The van der Waals surface area contributed by atoms with Crippen molar-refractivity contribution in [3.63, 3.8) is 0 Å². The number of hydrogen-bond acceptors (Lipinski definition) is 5. The molecule has 0 aromatic carbocycles. The van der Waals surface area contributed by atoms with Crippen LogP contribution in [0.3, 0.4) is 0 Å². The van der Waals surface area contributed by atoms with Crippen molar-refractivity contribution in [3.05, 3.63) is 23.5 Å². The summed E-state index contributed by atoms with van der Waals surface area (Å²) in [6, 6.07) is 0. The van der Waals surface area contributed by atoms with E-state index in [2.05, 4.69) is 10.3 Å². The molecule has 2 heterocycles. The highest BCUT2D eigenvalue weighted by molar-refractivity contribution is 7.15. The van der Waals surface area contributed by atoms with Gasteiger partial charge in [-0.2, -0.15) is 0 Å². The lowest BCUT2D eigenvalue weighted by Gasteiger charge is -2.22. The number of nitrogens with one attached hydrogen (secondary N) is 1. The number of fused-ring (bicyclic) bond motifs is 1. The van der Waals surface area contributed by atoms with E-state index in [-0.39, 0.29) is 0 Å². The Morgan fingerprint density at radius 3 is 3.11 bits per heavy atom. The van der Waals surface area contributed by atoms with E-state index in [0.717, 1.165) is 23.7 Å². The standard InChI is InChI=1S/C13H21N3O2S/c1-13(17,3-4-14-5-7-18-2)9-11-10-16-6-8-19-12(16)15-11/h6,8,10,14,17H,3-5,7,9H2,1-2H3. The Morgan fingerprint density at radius 2 is 2.37 bits per heavy atom. The van der Waals surface area contributed by atoms with E-state index in [1.807, 2.05) is 29.1 Å². The lowest BCUT2D eigenvalue weighted by atomic mass is 9.96. The zero-order valence-corrected chi connectivity index (χ0v) is 12.2. The lowest BCUT2D eigenvalue weighted by Crippen LogP contribution is -2.33. The molecule has 2 aromatic rings. The fraction of sp³-hybridized carbons (Fsp3) is 0.615. The molecular formula is C13H21N3O2S. The summed E-state index contributed by atoms with van der Waals surface area (Å²) >= 11 is 1.61. The summed E-state index contributed by atoms with van der Waals surface area (Å²) in [7, 11) is 1.68. The molecule has 0 bridgehead atoms. The quantitative estimate of drug-likeness (QED) is 0.717. The Morgan fingerprint density at radius 1 is 1.53 bits per heavy atom. The third kappa shape index (κ3) is 4.28. The minimum atomic E-state index is -0.732. The van der Waals surface area contributed by atoms with Crippen molar-refractivity contribution < 1.29 is 9.84 Å². The van der Waals surface area contributed by atoms with Gasteiger partial charge in [-0.05, 0) is 19.9 Å². The molecule has 0 radical (unpaired) electrons. The predicted molar refractivity (Wildman–Crippen MR) is 76.8 cm³/mol. The summed E-state index contributed by atoms with van der Waals surface area (Å²) in [6.07, 6.45) is 5.24. The molecule has 0 spiro atoms. The first-order valence-corrected chi connectivity index (χ1v) is 7.32. The van der Waals surface area contributed by atoms with Crippen LogP contribution in [0.1, 0.15) is 19.0 Å². The number of rotatable bonds is 8. The Kier molecular flexibility index (Phi) is 4.93. The average molecular weight is 283 g/mol. The Hall–Kier alpha value is -0.950. The first-order valence-electron chi connectivity index (χ1n) is 6.44. The molecule has 0 saturated carbocycles. The second-order valence-corrected chi connectivity index (χ2v) is 5.86. The van der Waals surface area contributed by atoms with Gasteiger partial charge in [0.1, 0.15) is 0 Å². The normalized spacial score (nSPS) is 14.9. The minimum absolute atomic E-state index is 0.577. The molecule has 106 valence electrons. The van der Waals surface area contributed by atoms with Gasteiger partial charge in [-0.25, -0.2) is 4.98 Å². The largest absolute Gasteiger partial charge is 0.390 e. The molecule has 1 atom stereocenters. The van der Waals surface area contributed by atoms with E-state index in [0.29, 0.717) is 19.4 Å². The molecule has 6 heteroatoms. The minimum Gasteiger partial charge on any atom is -0.390 e. The number of thiazole rings is 1. The monoisotopic (exact) mass is 283 g/mol. The average Bonchev–Trinajstić information content (AvgIpc) is 2.88. The van der Waals surface area contributed by atoms with Gasteiger partial charge in [0.15, 0.2) is 4.96 Å². The van der Waals surface area contributed by atoms with Crippen LogP contribution >= 0.6 is 11.3 Å². The van der Waals surface area contributed by atoms with Crippen molar-refractivity contribution in [3.8, 4) is 0 Å². The molecule has 19 heavy (non-hydrogen) atoms. The molecule has 1 unspecified atom stereocenters. The van der Waals surface area contributed by atoms with Crippen molar-refractivity contribution in [1.29, 1.82) is 0 Å². The molecule has 0 saturated heterocycles.